The smallest absolute Gasteiger partial charge is 0.139 e. The van der Waals surface area contributed by atoms with Crippen LogP contribution in [0.2, 0.25) is 0 Å². The molecule has 0 aromatic heterocycles. The fraction of sp³-hybridized carbons (Fsp3) is 0.765. The number of aldehydes is 1. The SMILES string of the molecule is CC(C)=C1C[C@@]2(C)C(=O)CCC23CCC[C@]13CC=O. The molecule has 1 unspecified atom stereocenters. The molecule has 1 spiro atoms. The third-order valence-electron chi connectivity index (χ3n) is 6.72. The number of carbonyl (C=O) groups is 2. The lowest BCUT2D eigenvalue weighted by atomic mass is 9.58. The molecular formula is C17H24O2. The predicted molar refractivity (Wildman–Crippen MR) is 74.7 cm³/mol. The van der Waals surface area contributed by atoms with Gasteiger partial charge in [0.25, 0.3) is 0 Å². The summed E-state index contributed by atoms with van der Waals surface area (Å²) in [5, 5.41) is 0. The second-order valence-corrected chi connectivity index (χ2v) is 7.30. The highest BCUT2D eigenvalue weighted by molar-refractivity contribution is 5.90. The first-order valence-electron chi connectivity index (χ1n) is 7.57. The maximum atomic E-state index is 12.5. The van der Waals surface area contributed by atoms with Gasteiger partial charge in [-0.3, -0.25) is 4.79 Å². The molecular weight excluding hydrogens is 236 g/mol. The van der Waals surface area contributed by atoms with Crippen molar-refractivity contribution >= 4 is 12.1 Å². The highest BCUT2D eigenvalue weighted by Gasteiger charge is 2.73. The molecule has 0 N–H and O–H groups in total. The van der Waals surface area contributed by atoms with Crippen LogP contribution < -0.4 is 0 Å². The van der Waals surface area contributed by atoms with Gasteiger partial charge in [-0.25, -0.2) is 0 Å². The van der Waals surface area contributed by atoms with Crippen LogP contribution >= 0.6 is 0 Å². The van der Waals surface area contributed by atoms with Gasteiger partial charge < -0.3 is 4.79 Å². The number of carbonyl (C=O) groups excluding carboxylic acids is 2. The average molecular weight is 260 g/mol. The standard InChI is InChI=1S/C17H24O2/c1-12(2)13-11-15(3)14(19)5-8-17(15)7-4-6-16(13,17)9-10-18/h10H,4-9,11H2,1-3H3/t15-,16-,17?/m0/s1. The molecule has 0 heterocycles. The van der Waals surface area contributed by atoms with Crippen molar-refractivity contribution in [1.82, 2.24) is 0 Å². The zero-order chi connectivity index (χ0) is 13.9. The van der Waals surface area contributed by atoms with E-state index in [0.29, 0.717) is 12.2 Å². The first-order chi connectivity index (χ1) is 8.93. The van der Waals surface area contributed by atoms with Crippen molar-refractivity contribution in [3.63, 3.8) is 0 Å². The Kier molecular flexibility index (Phi) is 2.62. The molecule has 0 aromatic carbocycles. The summed E-state index contributed by atoms with van der Waals surface area (Å²) < 4.78 is 0. The Hall–Kier alpha value is -0.920. The summed E-state index contributed by atoms with van der Waals surface area (Å²) in [6.45, 7) is 6.49. The van der Waals surface area contributed by atoms with E-state index in [1.54, 1.807) is 0 Å². The Morgan fingerprint density at radius 1 is 1.26 bits per heavy atom. The molecule has 3 rings (SSSR count). The number of hydrogen-bond donors (Lipinski definition) is 0. The maximum Gasteiger partial charge on any atom is 0.139 e. The minimum absolute atomic E-state index is 0.00843. The van der Waals surface area contributed by atoms with Crippen molar-refractivity contribution in [1.29, 1.82) is 0 Å². The third-order valence-corrected chi connectivity index (χ3v) is 6.72. The lowest BCUT2D eigenvalue weighted by molar-refractivity contribution is -0.129. The molecule has 3 aliphatic rings. The van der Waals surface area contributed by atoms with E-state index >= 15 is 0 Å². The molecule has 2 heteroatoms. The molecule has 0 bridgehead atoms. The fourth-order valence-corrected chi connectivity index (χ4v) is 5.93. The lowest BCUT2D eigenvalue weighted by Gasteiger charge is -2.44. The molecule has 0 aromatic rings. The van der Waals surface area contributed by atoms with Gasteiger partial charge in [-0.1, -0.05) is 24.5 Å². The first-order valence-corrected chi connectivity index (χ1v) is 7.57. The van der Waals surface area contributed by atoms with E-state index in [1.165, 1.54) is 17.6 Å². The summed E-state index contributed by atoms with van der Waals surface area (Å²) >= 11 is 0. The Bertz CT molecular complexity index is 485. The van der Waals surface area contributed by atoms with E-state index in [1.807, 2.05) is 0 Å². The van der Waals surface area contributed by atoms with Gasteiger partial charge in [-0.05, 0) is 44.9 Å². The monoisotopic (exact) mass is 260 g/mol. The van der Waals surface area contributed by atoms with Gasteiger partial charge in [0.2, 0.25) is 0 Å². The van der Waals surface area contributed by atoms with Gasteiger partial charge in [0.1, 0.15) is 12.1 Å². The van der Waals surface area contributed by atoms with Crippen LogP contribution in [0.25, 0.3) is 0 Å². The number of allylic oxidation sites excluding steroid dienone is 2. The molecule has 3 saturated carbocycles. The summed E-state index contributed by atoms with van der Waals surface area (Å²) in [5.74, 6) is 0.445. The quantitative estimate of drug-likeness (QED) is 0.558. The molecule has 104 valence electrons. The van der Waals surface area contributed by atoms with E-state index in [4.69, 9.17) is 0 Å². The molecule has 0 amide bonds. The van der Waals surface area contributed by atoms with E-state index in [9.17, 15) is 9.59 Å². The van der Waals surface area contributed by atoms with E-state index in [0.717, 1.165) is 38.4 Å². The molecule has 3 atom stereocenters. The van der Waals surface area contributed by atoms with Crippen LogP contribution in [0.5, 0.6) is 0 Å². The fourth-order valence-electron chi connectivity index (χ4n) is 5.93. The van der Waals surface area contributed by atoms with Crippen LogP contribution in [0.3, 0.4) is 0 Å². The van der Waals surface area contributed by atoms with Crippen molar-refractivity contribution in [2.45, 2.75) is 65.7 Å². The van der Waals surface area contributed by atoms with Crippen LogP contribution in [0.4, 0.5) is 0 Å². The Morgan fingerprint density at radius 2 is 2.00 bits per heavy atom. The van der Waals surface area contributed by atoms with Gasteiger partial charge in [0, 0.05) is 23.7 Å². The average Bonchev–Trinajstić information content (AvgIpc) is 2.89. The van der Waals surface area contributed by atoms with Gasteiger partial charge in [-0.15, -0.1) is 0 Å². The second kappa shape index (κ2) is 3.80. The molecule has 19 heavy (non-hydrogen) atoms. The molecule has 0 saturated heterocycles. The number of rotatable bonds is 2. The van der Waals surface area contributed by atoms with E-state index in [-0.39, 0.29) is 16.2 Å². The minimum atomic E-state index is -0.195. The summed E-state index contributed by atoms with van der Waals surface area (Å²) in [4.78, 5) is 23.8. The van der Waals surface area contributed by atoms with Crippen LogP contribution in [-0.2, 0) is 9.59 Å². The van der Waals surface area contributed by atoms with Gasteiger partial charge in [-0.2, -0.15) is 0 Å². The third kappa shape index (κ3) is 1.24. The van der Waals surface area contributed by atoms with Crippen LogP contribution in [0.1, 0.15) is 65.7 Å². The topological polar surface area (TPSA) is 34.1 Å². The van der Waals surface area contributed by atoms with E-state index < -0.39 is 0 Å². The number of ketones is 1. The maximum absolute atomic E-state index is 12.5. The van der Waals surface area contributed by atoms with Crippen LogP contribution in [-0.4, -0.2) is 12.1 Å². The lowest BCUT2D eigenvalue weighted by Crippen LogP contribution is -2.41. The highest BCUT2D eigenvalue weighted by Crippen LogP contribution is 2.78. The Balaban J connectivity index is 2.25. The zero-order valence-electron chi connectivity index (χ0n) is 12.3. The minimum Gasteiger partial charge on any atom is -0.303 e. The zero-order valence-corrected chi connectivity index (χ0v) is 12.3. The second-order valence-electron chi connectivity index (χ2n) is 7.30. The predicted octanol–water partition coefficient (Wildman–Crippen LogP) is 3.84. The van der Waals surface area contributed by atoms with Crippen molar-refractivity contribution in [3.05, 3.63) is 11.1 Å². The van der Waals surface area contributed by atoms with Crippen molar-refractivity contribution in [2.75, 3.05) is 0 Å². The van der Waals surface area contributed by atoms with Gasteiger partial charge >= 0.3 is 0 Å². The van der Waals surface area contributed by atoms with E-state index in [2.05, 4.69) is 20.8 Å². The molecule has 3 aliphatic carbocycles. The largest absolute Gasteiger partial charge is 0.303 e. The first kappa shape index (κ1) is 13.1. The number of Topliss-reactive ketones (excluding diaryl/α,β-unsaturated/α-hetero) is 1. The molecule has 3 fully saturated rings. The molecule has 2 nitrogen and oxygen atoms in total. The van der Waals surface area contributed by atoms with Crippen molar-refractivity contribution in [2.24, 2.45) is 16.2 Å². The molecule has 0 aliphatic heterocycles. The normalized spacial score (nSPS) is 44.4. The van der Waals surface area contributed by atoms with Gasteiger partial charge in [0.15, 0.2) is 0 Å². The van der Waals surface area contributed by atoms with Gasteiger partial charge in [0.05, 0.1) is 0 Å². The van der Waals surface area contributed by atoms with Crippen LogP contribution in [0, 0.1) is 16.2 Å². The Morgan fingerprint density at radius 3 is 2.63 bits per heavy atom. The summed E-state index contributed by atoms with van der Waals surface area (Å²) in [7, 11) is 0. The van der Waals surface area contributed by atoms with Crippen molar-refractivity contribution < 1.29 is 9.59 Å². The summed E-state index contributed by atoms with van der Waals surface area (Å²) in [6.07, 6.45) is 7.78. The highest BCUT2D eigenvalue weighted by atomic mass is 16.1. The molecule has 0 radical (unpaired) electrons. The number of hydrogen-bond acceptors (Lipinski definition) is 2. The summed E-state index contributed by atoms with van der Waals surface area (Å²) in [5.41, 5.74) is 2.68. The van der Waals surface area contributed by atoms with Crippen LogP contribution in [0.15, 0.2) is 11.1 Å². The Labute approximate surface area is 115 Å². The van der Waals surface area contributed by atoms with Crippen molar-refractivity contribution in [3.8, 4) is 0 Å². The summed E-state index contributed by atoms with van der Waals surface area (Å²) in [6, 6.07) is 0.